The highest BCUT2D eigenvalue weighted by Gasteiger charge is 2.20. The van der Waals surface area contributed by atoms with Gasteiger partial charge in [-0.05, 0) is 49.9 Å². The van der Waals surface area contributed by atoms with Crippen LogP contribution >= 0.6 is 23.1 Å². The Bertz CT molecular complexity index is 1560. The Balaban J connectivity index is 1.46. The maximum Gasteiger partial charge on any atom is 0.262 e. The third-order valence-corrected chi connectivity index (χ3v) is 7.82. The predicted molar refractivity (Wildman–Crippen MR) is 137 cm³/mol. The van der Waals surface area contributed by atoms with Crippen molar-refractivity contribution in [1.29, 1.82) is 0 Å². The van der Waals surface area contributed by atoms with Gasteiger partial charge in [-0.2, -0.15) is 0 Å². The van der Waals surface area contributed by atoms with Gasteiger partial charge in [-0.3, -0.25) is 18.6 Å². The Morgan fingerprint density at radius 3 is 2.68 bits per heavy atom. The molecular formula is C25H25N5O2S2. The third kappa shape index (κ3) is 3.88. The molecule has 4 aromatic heterocycles. The Morgan fingerprint density at radius 1 is 1.09 bits per heavy atom. The fraction of sp³-hybridized carbons (Fsp3) is 0.280. The highest BCUT2D eigenvalue weighted by atomic mass is 32.2. The number of carbonyl (C=O) groups is 1. The number of aryl methyl sites for hydroxylation is 2. The maximum atomic E-state index is 13.2. The molecule has 0 spiro atoms. The summed E-state index contributed by atoms with van der Waals surface area (Å²) < 4.78 is 5.75. The zero-order valence-corrected chi connectivity index (χ0v) is 20.9. The number of benzene rings is 1. The molecule has 0 unspecified atom stereocenters. The van der Waals surface area contributed by atoms with Crippen molar-refractivity contribution < 1.29 is 4.79 Å². The number of aromatic nitrogens is 5. The molecule has 9 heteroatoms. The van der Waals surface area contributed by atoms with Gasteiger partial charge in [0.25, 0.3) is 5.56 Å². The van der Waals surface area contributed by atoms with Crippen LogP contribution in [-0.4, -0.2) is 35.3 Å². The number of Topliss-reactive ketones (excluding diaryl/α,β-unsaturated/α-hetero) is 1. The number of hydrogen-bond donors (Lipinski definition) is 0. The largest absolute Gasteiger partial charge is 0.343 e. The second-order valence-electron chi connectivity index (χ2n) is 8.25. The monoisotopic (exact) mass is 491 g/mol. The molecule has 7 nitrogen and oxygen atoms in total. The minimum absolute atomic E-state index is 0.0541. The normalized spacial score (nSPS) is 11.6. The zero-order chi connectivity index (χ0) is 23.8. The average molecular weight is 492 g/mol. The van der Waals surface area contributed by atoms with E-state index in [1.54, 1.807) is 15.9 Å². The zero-order valence-electron chi connectivity index (χ0n) is 19.3. The molecule has 0 aliphatic heterocycles. The van der Waals surface area contributed by atoms with Crippen molar-refractivity contribution in [1.82, 2.24) is 23.7 Å². The first-order valence-corrected chi connectivity index (χ1v) is 13.1. The topological polar surface area (TPSA) is 74.2 Å². The maximum absolute atomic E-state index is 13.2. The summed E-state index contributed by atoms with van der Waals surface area (Å²) in [6, 6.07) is 13.6. The van der Waals surface area contributed by atoms with E-state index in [0.29, 0.717) is 22.9 Å². The number of hydrogen-bond acceptors (Lipinski definition) is 6. The first-order valence-electron chi connectivity index (χ1n) is 11.2. The summed E-state index contributed by atoms with van der Waals surface area (Å²) in [5, 5.41) is 12.0. The average Bonchev–Trinajstić information content (AvgIpc) is 3.57. The summed E-state index contributed by atoms with van der Waals surface area (Å²) >= 11 is 3.07. The molecule has 5 rings (SSSR count). The van der Waals surface area contributed by atoms with Crippen molar-refractivity contribution in [3.8, 4) is 0 Å². The molecule has 0 saturated carbocycles. The smallest absolute Gasteiger partial charge is 0.262 e. The SMILES string of the molecule is CCCn1c(=O)c2ccccc2n2c(SCC(=O)c3cc(C)n(Cc4cccs4)c3C)nnc12. The molecule has 0 aliphatic carbocycles. The van der Waals surface area contributed by atoms with Gasteiger partial charge in [0.05, 0.1) is 23.2 Å². The number of nitrogens with zero attached hydrogens (tertiary/aromatic N) is 5. The molecule has 1 aromatic carbocycles. The molecule has 0 aliphatic rings. The van der Waals surface area contributed by atoms with Crippen molar-refractivity contribution >= 4 is 45.6 Å². The van der Waals surface area contributed by atoms with E-state index in [9.17, 15) is 9.59 Å². The van der Waals surface area contributed by atoms with E-state index in [0.717, 1.165) is 35.4 Å². The molecule has 0 fully saturated rings. The van der Waals surface area contributed by atoms with Crippen LogP contribution in [0.1, 0.15) is 40.0 Å². The van der Waals surface area contributed by atoms with Crippen LogP contribution in [0.2, 0.25) is 0 Å². The molecule has 0 atom stereocenters. The fourth-order valence-electron chi connectivity index (χ4n) is 4.35. The van der Waals surface area contributed by atoms with Crippen LogP contribution in [0.25, 0.3) is 16.7 Å². The van der Waals surface area contributed by atoms with Crippen LogP contribution < -0.4 is 5.56 Å². The lowest BCUT2D eigenvalue weighted by atomic mass is 10.2. The number of thiophene rings is 1. The molecule has 4 heterocycles. The summed E-state index contributed by atoms with van der Waals surface area (Å²) in [7, 11) is 0. The van der Waals surface area contributed by atoms with Gasteiger partial charge >= 0.3 is 0 Å². The first kappa shape index (κ1) is 22.6. The van der Waals surface area contributed by atoms with Crippen LogP contribution in [-0.2, 0) is 13.1 Å². The van der Waals surface area contributed by atoms with E-state index in [1.807, 2.05) is 61.6 Å². The second kappa shape index (κ2) is 9.23. The lowest BCUT2D eigenvalue weighted by Crippen LogP contribution is -2.23. The predicted octanol–water partition coefficient (Wildman–Crippen LogP) is 4.96. The van der Waals surface area contributed by atoms with Crippen LogP contribution in [0.5, 0.6) is 0 Å². The van der Waals surface area contributed by atoms with Gasteiger partial charge in [-0.1, -0.05) is 36.9 Å². The molecule has 5 aromatic rings. The van der Waals surface area contributed by atoms with Gasteiger partial charge in [0.1, 0.15) is 0 Å². The van der Waals surface area contributed by atoms with Crippen molar-refractivity contribution in [2.45, 2.75) is 45.4 Å². The number of carbonyl (C=O) groups excluding carboxylic acids is 1. The minimum Gasteiger partial charge on any atom is -0.343 e. The fourth-order valence-corrected chi connectivity index (χ4v) is 5.86. The van der Waals surface area contributed by atoms with E-state index < -0.39 is 0 Å². The van der Waals surface area contributed by atoms with Gasteiger partial charge in [0, 0.05) is 28.4 Å². The molecule has 34 heavy (non-hydrogen) atoms. The highest BCUT2D eigenvalue weighted by Crippen LogP contribution is 2.25. The van der Waals surface area contributed by atoms with E-state index in [4.69, 9.17) is 0 Å². The minimum atomic E-state index is -0.0665. The van der Waals surface area contributed by atoms with E-state index in [2.05, 4.69) is 26.2 Å². The van der Waals surface area contributed by atoms with Gasteiger partial charge in [0.15, 0.2) is 10.9 Å². The standard InChI is InChI=1S/C25H25N5O2S2/c1-4-11-28-23(32)19-9-5-6-10-21(19)30-24(28)26-27-25(30)34-15-22(31)20-13-16(2)29(17(20)3)14-18-8-7-12-33-18/h5-10,12-13H,4,11,14-15H2,1-3H3. The number of thioether (sulfide) groups is 1. The summed E-state index contributed by atoms with van der Waals surface area (Å²) in [4.78, 5) is 27.5. The number of para-hydroxylation sites is 1. The summed E-state index contributed by atoms with van der Waals surface area (Å²) in [6.45, 7) is 7.39. The van der Waals surface area contributed by atoms with Crippen molar-refractivity contribution in [3.63, 3.8) is 0 Å². The third-order valence-electron chi connectivity index (χ3n) is 6.03. The highest BCUT2D eigenvalue weighted by molar-refractivity contribution is 7.99. The summed E-state index contributed by atoms with van der Waals surface area (Å²) in [5.41, 5.74) is 3.47. The van der Waals surface area contributed by atoms with Crippen molar-refractivity contribution in [3.05, 3.63) is 80.0 Å². The summed E-state index contributed by atoms with van der Waals surface area (Å²) in [6.07, 6.45) is 0.808. The number of ketones is 1. The molecule has 0 radical (unpaired) electrons. The van der Waals surface area contributed by atoms with Crippen molar-refractivity contribution in [2.24, 2.45) is 0 Å². The van der Waals surface area contributed by atoms with Crippen LogP contribution in [0.4, 0.5) is 0 Å². The van der Waals surface area contributed by atoms with E-state index in [1.165, 1.54) is 16.6 Å². The van der Waals surface area contributed by atoms with Crippen molar-refractivity contribution in [2.75, 3.05) is 5.75 Å². The lowest BCUT2D eigenvalue weighted by molar-refractivity contribution is 0.102. The van der Waals surface area contributed by atoms with Crippen LogP contribution in [0.15, 0.2) is 57.8 Å². The first-order chi connectivity index (χ1) is 16.5. The molecule has 0 amide bonds. The molecule has 0 N–H and O–H groups in total. The Kier molecular flexibility index (Phi) is 6.14. The quantitative estimate of drug-likeness (QED) is 0.227. The second-order valence-corrected chi connectivity index (χ2v) is 10.2. The Hall–Kier alpha value is -3.17. The van der Waals surface area contributed by atoms with Crippen LogP contribution in [0.3, 0.4) is 0 Å². The lowest BCUT2D eigenvalue weighted by Gasteiger charge is -2.10. The van der Waals surface area contributed by atoms with Gasteiger partial charge in [-0.25, -0.2) is 0 Å². The summed E-state index contributed by atoms with van der Waals surface area (Å²) in [5.74, 6) is 0.804. The van der Waals surface area contributed by atoms with Gasteiger partial charge < -0.3 is 4.57 Å². The van der Waals surface area contributed by atoms with Crippen LogP contribution in [0, 0.1) is 13.8 Å². The molecular weight excluding hydrogens is 466 g/mol. The van der Waals surface area contributed by atoms with Gasteiger partial charge in [0.2, 0.25) is 5.78 Å². The number of rotatable bonds is 8. The molecule has 0 saturated heterocycles. The molecule has 0 bridgehead atoms. The van der Waals surface area contributed by atoms with Gasteiger partial charge in [-0.15, -0.1) is 21.5 Å². The number of fused-ring (bicyclic) bond motifs is 3. The Labute approximate surface area is 205 Å². The Morgan fingerprint density at radius 2 is 1.91 bits per heavy atom. The molecule has 174 valence electrons. The van der Waals surface area contributed by atoms with E-state index >= 15 is 0 Å². The van der Waals surface area contributed by atoms with E-state index in [-0.39, 0.29) is 17.1 Å².